The number of halogens is 1. The first-order valence-electron chi connectivity index (χ1n) is 7.16. The molecule has 1 heterocycles. The minimum atomic E-state index is -3.55. The van der Waals surface area contributed by atoms with E-state index >= 15 is 0 Å². The Balaban J connectivity index is 1.78. The van der Waals surface area contributed by atoms with Crippen LogP contribution >= 0.6 is 11.6 Å². The van der Waals surface area contributed by atoms with Crippen molar-refractivity contribution in [2.75, 3.05) is 10.8 Å². The van der Waals surface area contributed by atoms with E-state index in [1.54, 1.807) is 12.1 Å². The van der Waals surface area contributed by atoms with Gasteiger partial charge in [-0.25, -0.2) is 0 Å². The van der Waals surface area contributed by atoms with Gasteiger partial charge in [-0.15, -0.1) is 0 Å². The van der Waals surface area contributed by atoms with Crippen LogP contribution in [0.3, 0.4) is 0 Å². The maximum Gasteiger partial charge on any atom is 0.301 e. The summed E-state index contributed by atoms with van der Waals surface area (Å²) < 4.78 is 29.3. The molecule has 6 heteroatoms. The second-order valence-electron chi connectivity index (χ2n) is 5.26. The molecule has 0 unspecified atom stereocenters. The van der Waals surface area contributed by atoms with E-state index in [2.05, 4.69) is 4.72 Å². The van der Waals surface area contributed by atoms with E-state index in [1.165, 1.54) is 4.31 Å². The maximum atomic E-state index is 12.6. The van der Waals surface area contributed by atoms with E-state index in [9.17, 15) is 8.42 Å². The number of para-hydroxylation sites is 1. The molecule has 2 aromatic carbocycles. The van der Waals surface area contributed by atoms with Crippen LogP contribution in [0.2, 0.25) is 5.02 Å². The lowest BCUT2D eigenvalue weighted by molar-refractivity contribution is 0.572. The smallest absolute Gasteiger partial charge is 0.258 e. The third kappa shape index (κ3) is 3.27. The van der Waals surface area contributed by atoms with Crippen LogP contribution in [-0.4, -0.2) is 15.0 Å². The van der Waals surface area contributed by atoms with Gasteiger partial charge in [-0.3, -0.25) is 4.31 Å². The molecule has 0 aliphatic carbocycles. The quantitative estimate of drug-likeness (QED) is 0.932. The second kappa shape index (κ2) is 6.28. The van der Waals surface area contributed by atoms with Crippen LogP contribution in [0.1, 0.15) is 17.5 Å². The molecule has 4 nitrogen and oxygen atoms in total. The zero-order chi connectivity index (χ0) is 15.6. The van der Waals surface area contributed by atoms with Gasteiger partial charge in [0.1, 0.15) is 0 Å². The number of aryl methyl sites for hydroxylation is 1. The summed E-state index contributed by atoms with van der Waals surface area (Å²) in [7, 11) is -3.55. The van der Waals surface area contributed by atoms with Crippen molar-refractivity contribution in [3.8, 4) is 0 Å². The summed E-state index contributed by atoms with van der Waals surface area (Å²) in [5.41, 5.74) is 2.72. The van der Waals surface area contributed by atoms with Gasteiger partial charge in [0.05, 0.1) is 5.69 Å². The highest BCUT2D eigenvalue weighted by atomic mass is 35.5. The Hall–Kier alpha value is -1.56. The van der Waals surface area contributed by atoms with Crippen LogP contribution in [0.25, 0.3) is 0 Å². The zero-order valence-electron chi connectivity index (χ0n) is 12.0. The van der Waals surface area contributed by atoms with E-state index in [-0.39, 0.29) is 6.54 Å². The van der Waals surface area contributed by atoms with Gasteiger partial charge in [-0.2, -0.15) is 13.1 Å². The molecule has 0 saturated heterocycles. The molecule has 22 heavy (non-hydrogen) atoms. The van der Waals surface area contributed by atoms with Crippen LogP contribution < -0.4 is 9.03 Å². The van der Waals surface area contributed by atoms with Crippen molar-refractivity contribution in [1.29, 1.82) is 0 Å². The van der Waals surface area contributed by atoms with E-state index in [0.717, 1.165) is 29.7 Å². The molecule has 116 valence electrons. The van der Waals surface area contributed by atoms with Gasteiger partial charge in [-0.05, 0) is 42.2 Å². The Labute approximate surface area is 135 Å². The fourth-order valence-corrected chi connectivity index (χ4v) is 4.04. The number of hydrogen-bond acceptors (Lipinski definition) is 2. The first kappa shape index (κ1) is 15.3. The lowest BCUT2D eigenvalue weighted by Crippen LogP contribution is -2.43. The zero-order valence-corrected chi connectivity index (χ0v) is 13.6. The van der Waals surface area contributed by atoms with E-state index in [4.69, 9.17) is 11.6 Å². The van der Waals surface area contributed by atoms with Crippen molar-refractivity contribution in [1.82, 2.24) is 4.72 Å². The molecule has 0 aromatic heterocycles. The highest BCUT2D eigenvalue weighted by Gasteiger charge is 2.26. The molecule has 1 aliphatic heterocycles. The molecule has 1 aliphatic rings. The average Bonchev–Trinajstić information content (AvgIpc) is 2.54. The van der Waals surface area contributed by atoms with E-state index in [0.29, 0.717) is 11.6 Å². The summed E-state index contributed by atoms with van der Waals surface area (Å²) in [5, 5.41) is 0.636. The first-order valence-corrected chi connectivity index (χ1v) is 8.98. The highest BCUT2D eigenvalue weighted by Crippen LogP contribution is 2.28. The number of hydrogen-bond donors (Lipinski definition) is 1. The molecule has 0 amide bonds. The summed E-state index contributed by atoms with van der Waals surface area (Å²) >= 11 is 5.83. The number of nitrogens with one attached hydrogen (secondary N) is 1. The van der Waals surface area contributed by atoms with Crippen molar-refractivity contribution >= 4 is 27.5 Å². The Bertz CT molecular complexity index is 760. The number of nitrogens with zero attached hydrogens (tertiary/aromatic N) is 1. The minimum Gasteiger partial charge on any atom is -0.258 e. The van der Waals surface area contributed by atoms with Crippen molar-refractivity contribution in [3.63, 3.8) is 0 Å². The van der Waals surface area contributed by atoms with Crippen molar-refractivity contribution in [2.45, 2.75) is 19.4 Å². The summed E-state index contributed by atoms with van der Waals surface area (Å²) in [4.78, 5) is 0. The fraction of sp³-hybridized carbons (Fsp3) is 0.250. The Morgan fingerprint density at radius 3 is 2.59 bits per heavy atom. The number of rotatable bonds is 4. The summed E-state index contributed by atoms with van der Waals surface area (Å²) in [6, 6.07) is 14.8. The lowest BCUT2D eigenvalue weighted by Gasteiger charge is -2.30. The molecule has 0 fully saturated rings. The van der Waals surface area contributed by atoms with Gasteiger partial charge in [0, 0.05) is 18.1 Å². The van der Waals surface area contributed by atoms with Gasteiger partial charge >= 0.3 is 10.2 Å². The predicted octanol–water partition coefficient (Wildman–Crippen LogP) is 3.13. The molecular formula is C16H17ClN2O2S. The van der Waals surface area contributed by atoms with Crippen molar-refractivity contribution in [3.05, 3.63) is 64.7 Å². The van der Waals surface area contributed by atoms with Crippen molar-refractivity contribution in [2.24, 2.45) is 0 Å². The summed E-state index contributed by atoms with van der Waals surface area (Å²) in [6.07, 6.45) is 1.75. The molecule has 0 radical (unpaired) electrons. The molecule has 1 N–H and O–H groups in total. The minimum absolute atomic E-state index is 0.248. The third-order valence-corrected chi connectivity index (χ3v) is 5.45. The molecular weight excluding hydrogens is 320 g/mol. The number of anilines is 1. The molecule has 0 bridgehead atoms. The van der Waals surface area contributed by atoms with Crippen LogP contribution in [0.15, 0.2) is 48.5 Å². The van der Waals surface area contributed by atoms with Gasteiger partial charge in [0.25, 0.3) is 0 Å². The molecule has 0 spiro atoms. The van der Waals surface area contributed by atoms with Crippen LogP contribution in [0.4, 0.5) is 5.69 Å². The number of fused-ring (bicyclic) bond motifs is 1. The first-order chi connectivity index (χ1) is 10.6. The third-order valence-electron chi connectivity index (χ3n) is 3.73. The summed E-state index contributed by atoms with van der Waals surface area (Å²) in [6.45, 7) is 0.755. The van der Waals surface area contributed by atoms with Gasteiger partial charge in [-0.1, -0.05) is 41.9 Å². The number of benzene rings is 2. The van der Waals surface area contributed by atoms with E-state index in [1.807, 2.05) is 36.4 Å². The maximum absolute atomic E-state index is 12.6. The highest BCUT2D eigenvalue weighted by molar-refractivity contribution is 7.90. The van der Waals surface area contributed by atoms with Gasteiger partial charge in [0.15, 0.2) is 0 Å². The lowest BCUT2D eigenvalue weighted by atomic mass is 10.0. The fourth-order valence-electron chi connectivity index (χ4n) is 2.60. The van der Waals surface area contributed by atoms with Crippen LogP contribution in [-0.2, 0) is 23.2 Å². The Morgan fingerprint density at radius 1 is 1.09 bits per heavy atom. The second-order valence-corrected chi connectivity index (χ2v) is 7.37. The Kier molecular flexibility index (Phi) is 4.38. The molecule has 0 saturated carbocycles. The molecule has 0 atom stereocenters. The topological polar surface area (TPSA) is 49.4 Å². The van der Waals surface area contributed by atoms with Crippen LogP contribution in [0, 0.1) is 0 Å². The monoisotopic (exact) mass is 336 g/mol. The molecule has 3 rings (SSSR count). The standard InChI is InChI=1S/C16H17ClN2O2S/c17-15-9-7-13(8-10-15)12-18-22(20,21)19-11-3-5-14-4-1-2-6-16(14)19/h1-2,4,6-10,18H,3,5,11-12H2. The van der Waals surface area contributed by atoms with Crippen molar-refractivity contribution < 1.29 is 8.42 Å². The van der Waals surface area contributed by atoms with Gasteiger partial charge < -0.3 is 0 Å². The summed E-state index contributed by atoms with van der Waals surface area (Å²) in [5.74, 6) is 0. The average molecular weight is 337 g/mol. The Morgan fingerprint density at radius 2 is 1.82 bits per heavy atom. The van der Waals surface area contributed by atoms with E-state index < -0.39 is 10.2 Å². The SMILES string of the molecule is O=S(=O)(NCc1ccc(Cl)cc1)N1CCCc2ccccc21. The molecule has 2 aromatic rings. The predicted molar refractivity (Wildman–Crippen MR) is 89.3 cm³/mol. The van der Waals surface area contributed by atoms with Gasteiger partial charge in [0.2, 0.25) is 0 Å². The van der Waals surface area contributed by atoms with Crippen LogP contribution in [0.5, 0.6) is 0 Å². The normalized spacial score (nSPS) is 14.7. The largest absolute Gasteiger partial charge is 0.301 e.